The van der Waals surface area contributed by atoms with E-state index in [-0.39, 0.29) is 12.7 Å². The number of benzene rings is 1. The summed E-state index contributed by atoms with van der Waals surface area (Å²) >= 11 is 0. The van der Waals surface area contributed by atoms with Gasteiger partial charge in [-0.2, -0.15) is 5.26 Å². The van der Waals surface area contributed by atoms with Gasteiger partial charge in [0.2, 0.25) is 11.8 Å². The van der Waals surface area contributed by atoms with Gasteiger partial charge in [-0.05, 0) is 49.7 Å². The number of aliphatic hydroxyl groups is 1. The fourth-order valence-corrected chi connectivity index (χ4v) is 3.57. The molecular formula is C23H24N6O2. The molecule has 4 rings (SSSR count). The van der Waals surface area contributed by atoms with E-state index in [9.17, 15) is 10.4 Å². The second-order valence-electron chi connectivity index (χ2n) is 8.04. The van der Waals surface area contributed by atoms with Crippen LogP contribution >= 0.6 is 0 Å². The minimum Gasteiger partial charge on any atom is -0.473 e. The quantitative estimate of drug-likeness (QED) is 0.558. The van der Waals surface area contributed by atoms with Gasteiger partial charge < -0.3 is 20.5 Å². The van der Waals surface area contributed by atoms with E-state index in [1.807, 2.05) is 39.0 Å². The van der Waals surface area contributed by atoms with Crippen molar-refractivity contribution in [1.82, 2.24) is 15.0 Å². The number of nitrogens with zero attached hydrogens (tertiary/aromatic N) is 4. The summed E-state index contributed by atoms with van der Waals surface area (Å²) in [5.41, 5.74) is 3.88. The van der Waals surface area contributed by atoms with Gasteiger partial charge >= 0.3 is 0 Å². The van der Waals surface area contributed by atoms with Crippen molar-refractivity contribution in [3.8, 4) is 23.2 Å². The van der Waals surface area contributed by atoms with Crippen LogP contribution in [0.3, 0.4) is 0 Å². The normalized spacial score (nSPS) is 17.0. The fourth-order valence-electron chi connectivity index (χ4n) is 3.57. The topological polar surface area (TPSA) is 116 Å². The number of fused-ring (bicyclic) bond motifs is 1. The van der Waals surface area contributed by atoms with E-state index in [4.69, 9.17) is 4.74 Å². The molecule has 3 aromatic rings. The van der Waals surface area contributed by atoms with Gasteiger partial charge in [0.15, 0.2) is 0 Å². The summed E-state index contributed by atoms with van der Waals surface area (Å²) in [6.07, 6.45) is 3.31. The first-order chi connectivity index (χ1) is 14.9. The number of rotatable bonds is 6. The van der Waals surface area contributed by atoms with Crippen LogP contribution in [0.4, 0.5) is 17.3 Å². The Balaban J connectivity index is 1.71. The van der Waals surface area contributed by atoms with Crippen molar-refractivity contribution in [3.63, 3.8) is 0 Å². The van der Waals surface area contributed by atoms with E-state index >= 15 is 0 Å². The lowest BCUT2D eigenvalue weighted by Crippen LogP contribution is -2.28. The first kappa shape index (κ1) is 20.6. The maximum absolute atomic E-state index is 9.92. The van der Waals surface area contributed by atoms with Crippen molar-refractivity contribution in [2.45, 2.75) is 32.3 Å². The Morgan fingerprint density at radius 3 is 2.87 bits per heavy atom. The number of hydrogen-bond donors (Lipinski definition) is 3. The summed E-state index contributed by atoms with van der Waals surface area (Å²) < 4.78 is 5.75. The number of pyridine rings is 1. The van der Waals surface area contributed by atoms with E-state index in [2.05, 4.69) is 31.7 Å². The zero-order valence-electron chi connectivity index (χ0n) is 17.7. The lowest BCUT2D eigenvalue weighted by molar-refractivity contribution is 0.219. The molecule has 0 bridgehead atoms. The molecule has 158 valence electrons. The highest BCUT2D eigenvalue weighted by Crippen LogP contribution is 2.41. The third-order valence-corrected chi connectivity index (χ3v) is 5.23. The van der Waals surface area contributed by atoms with Gasteiger partial charge in [0.25, 0.3) is 0 Å². The molecule has 1 aliphatic heterocycles. The maximum Gasteiger partial charge on any atom is 0.238 e. The molecule has 31 heavy (non-hydrogen) atoms. The molecule has 1 aromatic carbocycles. The molecule has 3 heterocycles. The average molecular weight is 416 g/mol. The Kier molecular flexibility index (Phi) is 5.44. The Hall–Kier alpha value is -3.70. The van der Waals surface area contributed by atoms with Crippen molar-refractivity contribution >= 4 is 17.3 Å². The van der Waals surface area contributed by atoms with Gasteiger partial charge in [-0.3, -0.25) is 0 Å². The summed E-state index contributed by atoms with van der Waals surface area (Å²) in [4.78, 5) is 13.2. The van der Waals surface area contributed by atoms with Crippen LogP contribution in [0.15, 0.2) is 42.7 Å². The molecule has 8 heteroatoms. The Morgan fingerprint density at radius 1 is 1.29 bits per heavy atom. The minimum atomic E-state index is -0.455. The van der Waals surface area contributed by atoms with Crippen LogP contribution in [0.25, 0.3) is 11.3 Å². The van der Waals surface area contributed by atoms with Gasteiger partial charge in [0, 0.05) is 29.9 Å². The zero-order valence-corrected chi connectivity index (χ0v) is 17.7. The van der Waals surface area contributed by atoms with Crippen molar-refractivity contribution in [2.75, 3.05) is 23.8 Å². The molecular weight excluding hydrogens is 392 g/mol. The molecule has 0 unspecified atom stereocenters. The van der Waals surface area contributed by atoms with E-state index in [0.717, 1.165) is 16.8 Å². The molecule has 0 saturated heterocycles. The predicted octanol–water partition coefficient (Wildman–Crippen LogP) is 3.62. The first-order valence-electron chi connectivity index (χ1n) is 10.1. The van der Waals surface area contributed by atoms with Gasteiger partial charge in [0.1, 0.15) is 11.8 Å². The monoisotopic (exact) mass is 416 g/mol. The summed E-state index contributed by atoms with van der Waals surface area (Å²) in [7, 11) is 0. The lowest BCUT2D eigenvalue weighted by atomic mass is 9.83. The largest absolute Gasteiger partial charge is 0.473 e. The van der Waals surface area contributed by atoms with E-state index < -0.39 is 5.41 Å². The highest BCUT2D eigenvalue weighted by atomic mass is 16.5. The van der Waals surface area contributed by atoms with E-state index in [0.29, 0.717) is 35.3 Å². The van der Waals surface area contributed by atoms with Crippen molar-refractivity contribution < 1.29 is 9.84 Å². The summed E-state index contributed by atoms with van der Waals surface area (Å²) in [5.74, 6) is 0.863. The number of hydrogen-bond acceptors (Lipinski definition) is 8. The Morgan fingerprint density at radius 2 is 2.13 bits per heavy atom. The summed E-state index contributed by atoms with van der Waals surface area (Å²) in [6, 6.07) is 11.5. The summed E-state index contributed by atoms with van der Waals surface area (Å²) in [6.45, 7) is 6.41. The third kappa shape index (κ3) is 4.00. The van der Waals surface area contributed by atoms with Crippen LogP contribution < -0.4 is 15.4 Å². The van der Waals surface area contributed by atoms with E-state index in [1.54, 1.807) is 24.5 Å². The molecule has 2 aromatic heterocycles. The van der Waals surface area contributed by atoms with Gasteiger partial charge in [-0.1, -0.05) is 6.92 Å². The molecule has 0 aliphatic carbocycles. The minimum absolute atomic E-state index is 0.0163. The van der Waals surface area contributed by atoms with Gasteiger partial charge in [0.05, 0.1) is 29.7 Å². The van der Waals surface area contributed by atoms with Crippen LogP contribution in [0.1, 0.15) is 31.9 Å². The number of nitrogens with one attached hydrogen (secondary N) is 2. The van der Waals surface area contributed by atoms with Crippen molar-refractivity contribution in [3.05, 3.63) is 53.9 Å². The second kappa shape index (κ2) is 8.20. The highest BCUT2D eigenvalue weighted by Gasteiger charge is 2.35. The van der Waals surface area contributed by atoms with Crippen molar-refractivity contribution in [1.29, 1.82) is 5.26 Å². The average Bonchev–Trinajstić information content (AvgIpc) is 3.12. The molecule has 0 saturated carbocycles. The Labute approximate surface area is 181 Å². The molecule has 1 atom stereocenters. The molecule has 8 nitrogen and oxygen atoms in total. The highest BCUT2D eigenvalue weighted by molar-refractivity contribution is 5.76. The van der Waals surface area contributed by atoms with Crippen LogP contribution in [0.5, 0.6) is 5.88 Å². The molecule has 0 fully saturated rings. The Bertz CT molecular complexity index is 1160. The molecule has 3 N–H and O–H groups in total. The van der Waals surface area contributed by atoms with Crippen LogP contribution in [-0.4, -0.2) is 39.3 Å². The summed E-state index contributed by atoms with van der Waals surface area (Å²) in [5, 5.41) is 26.0. The number of aromatic nitrogens is 3. The number of aliphatic hydroxyl groups excluding tert-OH is 1. The number of anilines is 3. The van der Waals surface area contributed by atoms with Crippen LogP contribution in [-0.2, 0) is 5.41 Å². The second-order valence-corrected chi connectivity index (χ2v) is 8.04. The zero-order chi connectivity index (χ0) is 22.0. The van der Waals surface area contributed by atoms with E-state index in [1.165, 1.54) is 0 Å². The van der Waals surface area contributed by atoms with Crippen LogP contribution in [0, 0.1) is 11.3 Å². The molecule has 1 aliphatic rings. The van der Waals surface area contributed by atoms with Crippen LogP contribution in [0.2, 0.25) is 0 Å². The van der Waals surface area contributed by atoms with Gasteiger partial charge in [-0.15, -0.1) is 0 Å². The standard InChI is InChI=1S/C23H24N6O2/c1-14(2)31-21-19(5-4-7-25-21)29-22-26-8-6-18(28-22)15-9-16(11-24)20-17(10-15)23(3,13-30)12-27-20/h4-10,14,27,30H,12-13H2,1-3H3,(H,26,28,29)/t23-/m1/s1. The lowest BCUT2D eigenvalue weighted by Gasteiger charge is -2.21. The number of ether oxygens (including phenoxy) is 1. The molecule has 0 radical (unpaired) electrons. The SMILES string of the molecule is CC(C)Oc1ncccc1Nc1nccc(-c2cc(C#N)c3c(c2)[C@@](C)(CO)CN3)n1. The maximum atomic E-state index is 9.92. The fraction of sp³-hybridized carbons (Fsp3) is 0.304. The predicted molar refractivity (Wildman–Crippen MR) is 118 cm³/mol. The third-order valence-electron chi connectivity index (χ3n) is 5.23. The first-order valence-corrected chi connectivity index (χ1v) is 10.1. The number of nitriles is 1. The molecule has 0 amide bonds. The smallest absolute Gasteiger partial charge is 0.238 e. The van der Waals surface area contributed by atoms with Crippen molar-refractivity contribution in [2.24, 2.45) is 0 Å². The van der Waals surface area contributed by atoms with Gasteiger partial charge in [-0.25, -0.2) is 15.0 Å². The molecule has 0 spiro atoms.